The van der Waals surface area contributed by atoms with E-state index in [0.29, 0.717) is 17.3 Å². The number of benzene rings is 2. The van der Waals surface area contributed by atoms with Crippen molar-refractivity contribution in [1.82, 2.24) is 10.2 Å². The zero-order valence-electron chi connectivity index (χ0n) is 18.3. The number of ether oxygens (including phenoxy) is 1. The fourth-order valence-corrected chi connectivity index (χ4v) is 3.94. The molecule has 5 nitrogen and oxygen atoms in total. The maximum absolute atomic E-state index is 13.1. The van der Waals surface area contributed by atoms with Crippen molar-refractivity contribution in [1.29, 1.82) is 0 Å². The first kappa shape index (κ1) is 23.1. The number of carbonyl (C=O) groups excluding carboxylic acids is 2. The molecule has 1 aliphatic rings. The summed E-state index contributed by atoms with van der Waals surface area (Å²) in [7, 11) is 0. The van der Waals surface area contributed by atoms with Crippen LogP contribution in [0.4, 0.5) is 0 Å². The molecule has 0 bridgehead atoms. The molecule has 2 aromatic carbocycles. The molecule has 31 heavy (non-hydrogen) atoms. The third-order valence-corrected chi connectivity index (χ3v) is 6.08. The molecule has 2 amide bonds. The molecule has 1 N–H and O–H groups in total. The van der Waals surface area contributed by atoms with Crippen molar-refractivity contribution in [2.24, 2.45) is 0 Å². The highest BCUT2D eigenvalue weighted by molar-refractivity contribution is 6.30. The van der Waals surface area contributed by atoms with E-state index in [4.69, 9.17) is 16.3 Å². The molecule has 1 aliphatic carbocycles. The van der Waals surface area contributed by atoms with Gasteiger partial charge in [0.25, 0.3) is 5.91 Å². The fraction of sp³-hybridized carbons (Fsp3) is 0.440. The van der Waals surface area contributed by atoms with Crippen LogP contribution in [0.25, 0.3) is 0 Å². The molecule has 0 radical (unpaired) electrons. The minimum Gasteiger partial charge on any atom is -0.484 e. The highest BCUT2D eigenvalue weighted by Gasteiger charge is 2.28. The maximum atomic E-state index is 13.1. The third-order valence-electron chi connectivity index (χ3n) is 5.83. The second-order valence-electron chi connectivity index (χ2n) is 8.10. The Labute approximate surface area is 189 Å². The van der Waals surface area contributed by atoms with Gasteiger partial charge in [0.05, 0.1) is 0 Å². The van der Waals surface area contributed by atoms with Gasteiger partial charge in [0.2, 0.25) is 5.91 Å². The van der Waals surface area contributed by atoms with Gasteiger partial charge in [0, 0.05) is 17.6 Å². The summed E-state index contributed by atoms with van der Waals surface area (Å²) >= 11 is 5.99. The standard InChI is InChI=1S/C25H31ClN2O3/c1-3-19-10-14-23(15-11-19)31-17-24(29)28(16-20-8-12-21(26)13-9-20)18(2)25(30)27-22-6-4-5-7-22/h8-15,18,22H,3-7,16-17H2,1-2H3,(H,27,30)/t18-/m1/s1. The van der Waals surface area contributed by atoms with Crippen LogP contribution in [0.2, 0.25) is 5.02 Å². The summed E-state index contributed by atoms with van der Waals surface area (Å²) in [5.74, 6) is 0.283. The lowest BCUT2D eigenvalue weighted by Crippen LogP contribution is -2.50. The number of halogens is 1. The fourth-order valence-electron chi connectivity index (χ4n) is 3.81. The van der Waals surface area contributed by atoms with E-state index in [2.05, 4.69) is 12.2 Å². The molecule has 1 fully saturated rings. The van der Waals surface area contributed by atoms with Gasteiger partial charge in [0.15, 0.2) is 6.61 Å². The summed E-state index contributed by atoms with van der Waals surface area (Å²) in [6, 6.07) is 14.6. The largest absolute Gasteiger partial charge is 0.484 e. The smallest absolute Gasteiger partial charge is 0.261 e. The minimum atomic E-state index is -0.602. The van der Waals surface area contributed by atoms with Gasteiger partial charge in [-0.3, -0.25) is 9.59 Å². The van der Waals surface area contributed by atoms with Crippen molar-refractivity contribution in [3.8, 4) is 5.75 Å². The van der Waals surface area contributed by atoms with Crippen molar-refractivity contribution in [3.05, 3.63) is 64.7 Å². The Morgan fingerprint density at radius 1 is 1.06 bits per heavy atom. The molecule has 0 saturated heterocycles. The third kappa shape index (κ3) is 6.73. The zero-order valence-corrected chi connectivity index (χ0v) is 19.0. The van der Waals surface area contributed by atoms with Gasteiger partial charge in [-0.05, 0) is 61.6 Å². The molecular weight excluding hydrogens is 412 g/mol. The number of nitrogens with one attached hydrogen (secondary N) is 1. The Bertz CT molecular complexity index is 861. The summed E-state index contributed by atoms with van der Waals surface area (Å²) in [5.41, 5.74) is 2.12. The first-order chi connectivity index (χ1) is 15.0. The van der Waals surface area contributed by atoms with Gasteiger partial charge in [-0.25, -0.2) is 0 Å². The Hall–Kier alpha value is -2.53. The van der Waals surface area contributed by atoms with E-state index in [1.807, 2.05) is 36.4 Å². The molecule has 0 aliphatic heterocycles. The van der Waals surface area contributed by atoms with Crippen molar-refractivity contribution in [2.45, 2.75) is 64.6 Å². The van der Waals surface area contributed by atoms with Crippen LogP contribution < -0.4 is 10.1 Å². The molecule has 3 rings (SSSR count). The molecule has 0 spiro atoms. The average Bonchev–Trinajstić information content (AvgIpc) is 3.30. The molecule has 0 heterocycles. The monoisotopic (exact) mass is 442 g/mol. The lowest BCUT2D eigenvalue weighted by Gasteiger charge is -2.29. The molecule has 2 aromatic rings. The van der Waals surface area contributed by atoms with Crippen LogP contribution >= 0.6 is 11.6 Å². The van der Waals surface area contributed by atoms with Crippen molar-refractivity contribution < 1.29 is 14.3 Å². The number of nitrogens with zero attached hydrogens (tertiary/aromatic N) is 1. The Balaban J connectivity index is 1.68. The quantitative estimate of drug-likeness (QED) is 0.609. The highest BCUT2D eigenvalue weighted by atomic mass is 35.5. The van der Waals surface area contributed by atoms with Gasteiger partial charge < -0.3 is 15.0 Å². The molecular formula is C25H31ClN2O3. The van der Waals surface area contributed by atoms with Crippen LogP contribution in [0.5, 0.6) is 5.75 Å². The number of rotatable bonds is 9. The van der Waals surface area contributed by atoms with Crippen LogP contribution in [0.3, 0.4) is 0 Å². The summed E-state index contributed by atoms with van der Waals surface area (Å²) in [6.07, 6.45) is 5.22. The summed E-state index contributed by atoms with van der Waals surface area (Å²) in [6.45, 7) is 4.05. The van der Waals surface area contributed by atoms with Gasteiger partial charge in [-0.15, -0.1) is 0 Å². The van der Waals surface area contributed by atoms with E-state index in [-0.39, 0.29) is 24.5 Å². The first-order valence-corrected chi connectivity index (χ1v) is 11.4. The molecule has 166 valence electrons. The van der Waals surface area contributed by atoms with E-state index in [1.165, 1.54) is 5.56 Å². The normalized spacial score (nSPS) is 14.8. The van der Waals surface area contributed by atoms with E-state index >= 15 is 0 Å². The number of carbonyl (C=O) groups is 2. The second kappa shape index (κ2) is 11.2. The predicted octanol–water partition coefficient (Wildman–Crippen LogP) is 4.76. The van der Waals surface area contributed by atoms with Crippen LogP contribution in [0.1, 0.15) is 50.7 Å². The Morgan fingerprint density at radius 3 is 2.29 bits per heavy atom. The number of amides is 2. The van der Waals surface area contributed by atoms with Crippen molar-refractivity contribution >= 4 is 23.4 Å². The van der Waals surface area contributed by atoms with E-state index in [1.54, 1.807) is 24.0 Å². The van der Waals surface area contributed by atoms with Crippen LogP contribution in [-0.2, 0) is 22.6 Å². The topological polar surface area (TPSA) is 58.6 Å². The zero-order chi connectivity index (χ0) is 22.2. The Kier molecular flexibility index (Phi) is 8.35. The Morgan fingerprint density at radius 2 is 1.68 bits per heavy atom. The van der Waals surface area contributed by atoms with Gasteiger partial charge >= 0.3 is 0 Å². The molecule has 6 heteroatoms. The highest BCUT2D eigenvalue weighted by Crippen LogP contribution is 2.19. The van der Waals surface area contributed by atoms with E-state index in [9.17, 15) is 9.59 Å². The summed E-state index contributed by atoms with van der Waals surface area (Å²) in [4.78, 5) is 27.5. The van der Waals surface area contributed by atoms with E-state index < -0.39 is 6.04 Å². The van der Waals surface area contributed by atoms with E-state index in [0.717, 1.165) is 37.7 Å². The SMILES string of the molecule is CCc1ccc(OCC(=O)N(Cc2ccc(Cl)cc2)[C@H](C)C(=O)NC2CCCC2)cc1. The molecule has 1 atom stereocenters. The second-order valence-corrected chi connectivity index (χ2v) is 8.54. The van der Waals surface area contributed by atoms with Crippen molar-refractivity contribution in [2.75, 3.05) is 6.61 Å². The van der Waals surface area contributed by atoms with Crippen molar-refractivity contribution in [3.63, 3.8) is 0 Å². The van der Waals surface area contributed by atoms with Crippen LogP contribution in [0.15, 0.2) is 48.5 Å². The van der Waals surface area contributed by atoms with Crippen LogP contribution in [0, 0.1) is 0 Å². The number of hydrogen-bond acceptors (Lipinski definition) is 3. The molecule has 0 unspecified atom stereocenters. The lowest BCUT2D eigenvalue weighted by atomic mass is 10.1. The van der Waals surface area contributed by atoms with Gasteiger partial charge in [-0.1, -0.05) is 55.6 Å². The van der Waals surface area contributed by atoms with Gasteiger partial charge in [-0.2, -0.15) is 0 Å². The predicted molar refractivity (Wildman–Crippen MR) is 123 cm³/mol. The maximum Gasteiger partial charge on any atom is 0.261 e. The molecule has 0 aromatic heterocycles. The number of aryl methyl sites for hydroxylation is 1. The van der Waals surface area contributed by atoms with Gasteiger partial charge in [0.1, 0.15) is 11.8 Å². The first-order valence-electron chi connectivity index (χ1n) is 11.0. The number of hydrogen-bond donors (Lipinski definition) is 1. The average molecular weight is 443 g/mol. The summed E-state index contributed by atoms with van der Waals surface area (Å²) < 4.78 is 5.72. The molecule has 1 saturated carbocycles. The van der Waals surface area contributed by atoms with Crippen LogP contribution in [-0.4, -0.2) is 35.4 Å². The minimum absolute atomic E-state index is 0.124. The summed E-state index contributed by atoms with van der Waals surface area (Å²) in [5, 5.41) is 3.73. The lowest BCUT2D eigenvalue weighted by molar-refractivity contribution is -0.142.